The highest BCUT2D eigenvalue weighted by Crippen LogP contribution is 2.27. The highest BCUT2D eigenvalue weighted by molar-refractivity contribution is 7.98. The normalized spacial score (nSPS) is 10.8. The Morgan fingerprint density at radius 3 is 2.65 bits per heavy atom. The van der Waals surface area contributed by atoms with Gasteiger partial charge < -0.3 is 19.5 Å². The highest BCUT2D eigenvalue weighted by atomic mass is 32.2. The van der Waals surface area contributed by atoms with Crippen LogP contribution in [0.3, 0.4) is 0 Å². The van der Waals surface area contributed by atoms with Gasteiger partial charge in [-0.05, 0) is 48.9 Å². The summed E-state index contributed by atoms with van der Waals surface area (Å²) in [5.41, 5.74) is 3.48. The van der Waals surface area contributed by atoms with Gasteiger partial charge in [0.1, 0.15) is 17.0 Å². The molecule has 8 nitrogen and oxygen atoms in total. The van der Waals surface area contributed by atoms with Crippen LogP contribution in [0.25, 0.3) is 5.52 Å². The summed E-state index contributed by atoms with van der Waals surface area (Å²) in [5, 5.41) is 8.66. The average molecular weight is 479 g/mol. The van der Waals surface area contributed by atoms with E-state index in [2.05, 4.69) is 10.4 Å². The van der Waals surface area contributed by atoms with Crippen molar-refractivity contribution in [3.8, 4) is 11.5 Å². The Hall–Kier alpha value is -3.72. The number of fused-ring (bicyclic) bond motifs is 1. The predicted molar refractivity (Wildman–Crippen MR) is 132 cm³/mol. The molecule has 1 N–H and O–H groups in total. The third kappa shape index (κ3) is 5.43. The Balaban J connectivity index is 1.47. The number of nitrogens with zero attached hydrogens (tertiary/aromatic N) is 3. The van der Waals surface area contributed by atoms with Gasteiger partial charge >= 0.3 is 5.97 Å². The standard InChI is InChI=1S/C25H26N4O4S/c1-4-33-24(30)18-9-7-17(8-10-18)16-34-25-27-23(21-6-5-13-29(21)28-25)26-15-19-11-12-20(31-2)14-22(19)32-3/h5-14H,4,15-16H2,1-3H3,(H,26,27,28). The lowest BCUT2D eigenvalue weighted by molar-refractivity contribution is 0.0526. The van der Waals surface area contributed by atoms with E-state index in [4.69, 9.17) is 19.2 Å². The Morgan fingerprint density at radius 1 is 1.09 bits per heavy atom. The number of carbonyl (C=O) groups is 1. The molecular formula is C25H26N4O4S. The van der Waals surface area contributed by atoms with Gasteiger partial charge in [0.25, 0.3) is 0 Å². The van der Waals surface area contributed by atoms with Crippen molar-refractivity contribution < 1.29 is 19.0 Å². The minimum Gasteiger partial charge on any atom is -0.497 e. The first-order valence-corrected chi connectivity index (χ1v) is 11.8. The van der Waals surface area contributed by atoms with Crippen LogP contribution in [0.2, 0.25) is 0 Å². The van der Waals surface area contributed by atoms with E-state index in [9.17, 15) is 4.79 Å². The van der Waals surface area contributed by atoms with Gasteiger partial charge in [-0.1, -0.05) is 23.9 Å². The molecule has 0 radical (unpaired) electrons. The number of methoxy groups -OCH3 is 2. The zero-order chi connectivity index (χ0) is 23.9. The molecule has 2 aromatic carbocycles. The predicted octanol–water partition coefficient (Wildman–Crippen LogP) is 4.83. The summed E-state index contributed by atoms with van der Waals surface area (Å²) < 4.78 is 17.6. The number of thioether (sulfide) groups is 1. The van der Waals surface area contributed by atoms with Crippen molar-refractivity contribution in [1.82, 2.24) is 14.6 Å². The van der Waals surface area contributed by atoms with E-state index in [-0.39, 0.29) is 5.97 Å². The summed E-state index contributed by atoms with van der Waals surface area (Å²) in [7, 11) is 3.27. The first kappa shape index (κ1) is 23.4. The molecule has 0 atom stereocenters. The molecule has 2 heterocycles. The molecule has 176 valence electrons. The molecule has 34 heavy (non-hydrogen) atoms. The number of esters is 1. The van der Waals surface area contributed by atoms with Crippen molar-refractivity contribution in [3.05, 3.63) is 77.5 Å². The molecular weight excluding hydrogens is 452 g/mol. The molecule has 0 bridgehead atoms. The molecule has 0 unspecified atom stereocenters. The summed E-state index contributed by atoms with van der Waals surface area (Å²) in [5.74, 6) is 2.57. The number of aromatic nitrogens is 3. The van der Waals surface area contributed by atoms with E-state index in [1.165, 1.54) is 11.8 Å². The number of ether oxygens (including phenoxy) is 3. The molecule has 0 fully saturated rings. The molecule has 4 aromatic rings. The first-order chi connectivity index (χ1) is 16.6. The second-order valence-electron chi connectivity index (χ2n) is 7.32. The van der Waals surface area contributed by atoms with Crippen LogP contribution in [0.5, 0.6) is 11.5 Å². The minimum absolute atomic E-state index is 0.313. The molecule has 2 aromatic heterocycles. The number of anilines is 1. The third-order valence-corrected chi connectivity index (χ3v) is 6.05. The maximum absolute atomic E-state index is 11.8. The topological polar surface area (TPSA) is 87.0 Å². The van der Waals surface area contributed by atoms with Crippen molar-refractivity contribution in [1.29, 1.82) is 0 Å². The van der Waals surface area contributed by atoms with Gasteiger partial charge in [-0.3, -0.25) is 0 Å². The largest absolute Gasteiger partial charge is 0.497 e. The van der Waals surface area contributed by atoms with Gasteiger partial charge in [0, 0.05) is 30.1 Å². The Bertz CT molecular complexity index is 1270. The molecule has 0 amide bonds. The van der Waals surface area contributed by atoms with Crippen LogP contribution in [0.4, 0.5) is 5.82 Å². The second-order valence-corrected chi connectivity index (χ2v) is 8.26. The van der Waals surface area contributed by atoms with E-state index in [0.717, 1.165) is 34.0 Å². The molecule has 0 saturated carbocycles. The molecule has 0 aliphatic rings. The van der Waals surface area contributed by atoms with Crippen molar-refractivity contribution in [2.75, 3.05) is 26.1 Å². The third-order valence-electron chi connectivity index (χ3n) is 5.15. The summed E-state index contributed by atoms with van der Waals surface area (Å²) in [4.78, 5) is 16.6. The van der Waals surface area contributed by atoms with E-state index in [0.29, 0.717) is 29.6 Å². The van der Waals surface area contributed by atoms with Crippen LogP contribution >= 0.6 is 11.8 Å². The molecule has 0 aliphatic carbocycles. The van der Waals surface area contributed by atoms with E-state index >= 15 is 0 Å². The zero-order valence-corrected chi connectivity index (χ0v) is 20.1. The summed E-state index contributed by atoms with van der Waals surface area (Å²) in [6.07, 6.45) is 1.90. The van der Waals surface area contributed by atoms with Gasteiger partial charge in [-0.25, -0.2) is 14.3 Å². The number of benzene rings is 2. The highest BCUT2D eigenvalue weighted by Gasteiger charge is 2.11. The average Bonchev–Trinajstić information content (AvgIpc) is 3.35. The number of hydrogen-bond donors (Lipinski definition) is 1. The fourth-order valence-corrected chi connectivity index (χ4v) is 4.17. The summed E-state index contributed by atoms with van der Waals surface area (Å²) >= 11 is 1.52. The minimum atomic E-state index is -0.313. The number of nitrogens with one attached hydrogen (secondary N) is 1. The molecule has 0 aliphatic heterocycles. The van der Waals surface area contributed by atoms with Crippen LogP contribution in [-0.4, -0.2) is 41.4 Å². The monoisotopic (exact) mass is 478 g/mol. The van der Waals surface area contributed by atoms with Crippen molar-refractivity contribution in [3.63, 3.8) is 0 Å². The maximum Gasteiger partial charge on any atom is 0.338 e. The van der Waals surface area contributed by atoms with Crippen LogP contribution in [0.15, 0.2) is 66.0 Å². The molecule has 0 spiro atoms. The lowest BCUT2D eigenvalue weighted by Crippen LogP contribution is -2.07. The van der Waals surface area contributed by atoms with Crippen LogP contribution in [0.1, 0.15) is 28.4 Å². The molecule has 4 rings (SSSR count). The van der Waals surface area contributed by atoms with Crippen molar-refractivity contribution >= 4 is 29.1 Å². The van der Waals surface area contributed by atoms with E-state index < -0.39 is 0 Å². The first-order valence-electron chi connectivity index (χ1n) is 10.8. The van der Waals surface area contributed by atoms with Gasteiger partial charge in [0.2, 0.25) is 5.16 Å². The second kappa shape index (κ2) is 10.9. The van der Waals surface area contributed by atoms with Crippen LogP contribution in [0, 0.1) is 0 Å². The van der Waals surface area contributed by atoms with E-state index in [1.54, 1.807) is 33.3 Å². The zero-order valence-electron chi connectivity index (χ0n) is 19.3. The summed E-state index contributed by atoms with van der Waals surface area (Å²) in [6.45, 7) is 2.68. The number of rotatable bonds is 10. The quantitative estimate of drug-likeness (QED) is 0.256. The Kier molecular flexibility index (Phi) is 7.54. The van der Waals surface area contributed by atoms with Crippen molar-refractivity contribution in [2.45, 2.75) is 24.4 Å². The lowest BCUT2D eigenvalue weighted by atomic mass is 10.1. The fourth-order valence-electron chi connectivity index (χ4n) is 3.38. The van der Waals surface area contributed by atoms with Crippen molar-refractivity contribution in [2.24, 2.45) is 0 Å². The van der Waals surface area contributed by atoms with Crippen LogP contribution in [-0.2, 0) is 17.0 Å². The SMILES string of the molecule is CCOC(=O)c1ccc(CSc2nc(NCc3ccc(OC)cc3OC)c3cccn3n2)cc1. The van der Waals surface area contributed by atoms with Gasteiger partial charge in [0.15, 0.2) is 5.82 Å². The number of carbonyl (C=O) groups excluding carboxylic acids is 1. The molecule has 9 heteroatoms. The Morgan fingerprint density at radius 2 is 1.91 bits per heavy atom. The van der Waals surface area contributed by atoms with Gasteiger partial charge in [-0.2, -0.15) is 0 Å². The lowest BCUT2D eigenvalue weighted by Gasteiger charge is -2.13. The molecule has 0 saturated heterocycles. The smallest absolute Gasteiger partial charge is 0.338 e. The van der Waals surface area contributed by atoms with Crippen LogP contribution < -0.4 is 14.8 Å². The maximum atomic E-state index is 11.8. The number of hydrogen-bond acceptors (Lipinski definition) is 8. The van der Waals surface area contributed by atoms with Gasteiger partial charge in [0.05, 0.1) is 26.4 Å². The fraction of sp³-hybridized carbons (Fsp3) is 0.240. The summed E-state index contributed by atoms with van der Waals surface area (Å²) in [6, 6.07) is 17.0. The van der Waals surface area contributed by atoms with Gasteiger partial charge in [-0.15, -0.1) is 5.10 Å². The van der Waals surface area contributed by atoms with E-state index in [1.807, 2.05) is 53.2 Å². The Labute approximate surface area is 202 Å².